The molecule has 0 saturated heterocycles. The Morgan fingerprint density at radius 1 is 1.18 bits per heavy atom. The summed E-state index contributed by atoms with van der Waals surface area (Å²) in [5, 5.41) is 12.9. The smallest absolute Gasteiger partial charge is 0.408 e. The molecule has 0 aliphatic heterocycles. The summed E-state index contributed by atoms with van der Waals surface area (Å²) >= 11 is 1.66. The Hall–Kier alpha value is -3.13. The number of fused-ring (bicyclic) bond motifs is 2. The van der Waals surface area contributed by atoms with Gasteiger partial charge in [0.25, 0.3) is 0 Å². The molecule has 1 fully saturated rings. The maximum atomic E-state index is 12.8. The van der Waals surface area contributed by atoms with Crippen molar-refractivity contribution in [3.63, 3.8) is 0 Å². The minimum atomic E-state index is -1.19. The van der Waals surface area contributed by atoms with Gasteiger partial charge in [0.05, 0.1) is 11.6 Å². The lowest BCUT2D eigenvalue weighted by Crippen LogP contribution is -2.35. The molecule has 2 N–H and O–H groups in total. The largest absolute Gasteiger partial charge is 0.477 e. The summed E-state index contributed by atoms with van der Waals surface area (Å²) < 4.78 is 7.40. The average Bonchev–Trinajstić information content (AvgIpc) is 3.50. The van der Waals surface area contributed by atoms with Crippen molar-refractivity contribution in [2.75, 3.05) is 0 Å². The average molecular weight is 481 g/mol. The molecule has 2 heterocycles. The van der Waals surface area contributed by atoms with E-state index in [-0.39, 0.29) is 17.6 Å². The van der Waals surface area contributed by atoms with Gasteiger partial charge in [-0.05, 0) is 82.2 Å². The van der Waals surface area contributed by atoms with Gasteiger partial charge in [0.15, 0.2) is 0 Å². The quantitative estimate of drug-likeness (QED) is 0.502. The second-order valence-corrected chi connectivity index (χ2v) is 11.2. The molecule has 7 nitrogen and oxygen atoms in total. The zero-order chi connectivity index (χ0) is 24.2. The molecule has 0 bridgehead atoms. The zero-order valence-electron chi connectivity index (χ0n) is 19.5. The van der Waals surface area contributed by atoms with Crippen LogP contribution in [-0.4, -0.2) is 27.3 Å². The Bertz CT molecular complexity index is 1360. The SMILES string of the molecule is CC(C)(C)OC(=O)NC1CCCc2cc(-c3ccc4c(=O)c(C(=O)O)cn(C5CC5)c4c3)sc21. The van der Waals surface area contributed by atoms with Crippen LogP contribution in [-0.2, 0) is 11.2 Å². The highest BCUT2D eigenvalue weighted by atomic mass is 32.1. The van der Waals surface area contributed by atoms with Gasteiger partial charge < -0.3 is 19.7 Å². The molecule has 1 unspecified atom stereocenters. The molecular formula is C26H28N2O5S. The maximum Gasteiger partial charge on any atom is 0.408 e. The van der Waals surface area contributed by atoms with Crippen LogP contribution in [0.2, 0.25) is 0 Å². The number of amides is 1. The van der Waals surface area contributed by atoms with Crippen LogP contribution in [0.3, 0.4) is 0 Å². The number of carbonyl (C=O) groups excluding carboxylic acids is 1. The lowest BCUT2D eigenvalue weighted by Gasteiger charge is -2.26. The Morgan fingerprint density at radius 3 is 2.62 bits per heavy atom. The van der Waals surface area contributed by atoms with E-state index in [0.717, 1.165) is 52.9 Å². The number of carboxylic acids is 1. The third-order valence-electron chi connectivity index (χ3n) is 6.28. The van der Waals surface area contributed by atoms with E-state index in [1.807, 2.05) is 37.5 Å². The molecule has 178 valence electrons. The highest BCUT2D eigenvalue weighted by Gasteiger charge is 2.29. The fourth-order valence-electron chi connectivity index (χ4n) is 4.60. The van der Waals surface area contributed by atoms with Gasteiger partial charge in [-0.25, -0.2) is 9.59 Å². The summed E-state index contributed by atoms with van der Waals surface area (Å²) in [6.07, 6.45) is 5.85. The topological polar surface area (TPSA) is 97.6 Å². The van der Waals surface area contributed by atoms with Gasteiger partial charge in [0.2, 0.25) is 5.43 Å². The Balaban J connectivity index is 1.52. The van der Waals surface area contributed by atoms with E-state index >= 15 is 0 Å². The molecule has 0 spiro atoms. The number of carbonyl (C=O) groups is 2. The number of carboxylic acid groups (broad SMARTS) is 1. The van der Waals surface area contributed by atoms with E-state index in [1.54, 1.807) is 17.4 Å². The van der Waals surface area contributed by atoms with Crippen LogP contribution in [0.15, 0.2) is 35.3 Å². The number of benzene rings is 1. The fourth-order valence-corrected chi connectivity index (χ4v) is 5.89. The number of rotatable bonds is 4. The van der Waals surface area contributed by atoms with Crippen molar-refractivity contribution in [1.82, 2.24) is 9.88 Å². The summed E-state index contributed by atoms with van der Waals surface area (Å²) in [6, 6.07) is 7.95. The van der Waals surface area contributed by atoms with Gasteiger partial charge in [-0.15, -0.1) is 11.3 Å². The summed E-state index contributed by atoms with van der Waals surface area (Å²) in [5.41, 5.74) is 1.80. The van der Waals surface area contributed by atoms with Gasteiger partial charge in [0.1, 0.15) is 11.2 Å². The van der Waals surface area contributed by atoms with E-state index in [0.29, 0.717) is 5.39 Å². The summed E-state index contributed by atoms with van der Waals surface area (Å²) in [7, 11) is 0. The Morgan fingerprint density at radius 2 is 1.94 bits per heavy atom. The summed E-state index contributed by atoms with van der Waals surface area (Å²) in [6.45, 7) is 5.55. The molecule has 34 heavy (non-hydrogen) atoms. The number of thiophene rings is 1. The van der Waals surface area contributed by atoms with Crippen LogP contribution in [0.1, 0.15) is 79.3 Å². The van der Waals surface area contributed by atoms with Crippen molar-refractivity contribution in [3.05, 3.63) is 56.7 Å². The van der Waals surface area contributed by atoms with E-state index in [1.165, 1.54) is 11.8 Å². The van der Waals surface area contributed by atoms with Gasteiger partial charge >= 0.3 is 12.1 Å². The number of nitrogens with one attached hydrogen (secondary N) is 1. The highest BCUT2D eigenvalue weighted by Crippen LogP contribution is 2.42. The van der Waals surface area contributed by atoms with Crippen molar-refractivity contribution < 1.29 is 19.4 Å². The van der Waals surface area contributed by atoms with Gasteiger partial charge in [-0.2, -0.15) is 0 Å². The standard InChI is InChI=1S/C26H28N2O5S/c1-26(2,3)33-25(32)27-19-6-4-5-15-12-21(34-23(15)19)14-7-10-17-20(11-14)28(16-8-9-16)13-18(22(17)29)24(30)31/h7,10-13,16,19H,4-6,8-9H2,1-3H3,(H,27,32)(H,30,31). The number of pyridine rings is 1. The van der Waals surface area contributed by atoms with Crippen LogP contribution in [0.5, 0.6) is 0 Å². The molecular weight excluding hydrogens is 452 g/mol. The van der Waals surface area contributed by atoms with Gasteiger partial charge in [0, 0.05) is 27.4 Å². The van der Waals surface area contributed by atoms with Crippen LogP contribution in [0.4, 0.5) is 4.79 Å². The summed E-state index contributed by atoms with van der Waals surface area (Å²) in [4.78, 5) is 39.0. The first-order chi connectivity index (χ1) is 16.1. The minimum absolute atomic E-state index is 0.0828. The molecule has 2 aliphatic carbocycles. The van der Waals surface area contributed by atoms with Crippen molar-refractivity contribution in [2.24, 2.45) is 0 Å². The predicted octanol–water partition coefficient (Wildman–Crippen LogP) is 5.67. The molecule has 2 aliphatic rings. The van der Waals surface area contributed by atoms with Crippen LogP contribution >= 0.6 is 11.3 Å². The van der Waals surface area contributed by atoms with Crippen LogP contribution in [0.25, 0.3) is 21.3 Å². The lowest BCUT2D eigenvalue weighted by atomic mass is 9.94. The van der Waals surface area contributed by atoms with Gasteiger partial charge in [-0.3, -0.25) is 4.79 Å². The molecule has 1 amide bonds. The first-order valence-corrected chi connectivity index (χ1v) is 12.5. The first kappa shape index (κ1) is 22.7. The predicted molar refractivity (Wildman–Crippen MR) is 132 cm³/mol. The number of ether oxygens (including phenoxy) is 1. The number of hydrogen-bond donors (Lipinski definition) is 2. The van der Waals surface area contributed by atoms with Crippen molar-refractivity contribution in [1.29, 1.82) is 0 Å². The normalized spacial score (nSPS) is 17.9. The molecule has 1 saturated carbocycles. The molecule has 1 aromatic carbocycles. The molecule has 2 aromatic heterocycles. The number of hydrogen-bond acceptors (Lipinski definition) is 5. The van der Waals surface area contributed by atoms with E-state index < -0.39 is 23.1 Å². The second kappa shape index (κ2) is 8.27. The molecule has 8 heteroatoms. The second-order valence-electron chi connectivity index (χ2n) is 10.1. The van der Waals surface area contributed by atoms with E-state index in [9.17, 15) is 19.5 Å². The Labute approximate surface area is 201 Å². The number of aromatic nitrogens is 1. The molecule has 0 radical (unpaired) electrons. The van der Waals surface area contributed by atoms with Crippen molar-refractivity contribution in [2.45, 2.75) is 70.6 Å². The van der Waals surface area contributed by atoms with Crippen LogP contribution < -0.4 is 10.7 Å². The lowest BCUT2D eigenvalue weighted by molar-refractivity contribution is 0.0499. The zero-order valence-corrected chi connectivity index (χ0v) is 20.3. The maximum absolute atomic E-state index is 12.8. The highest BCUT2D eigenvalue weighted by molar-refractivity contribution is 7.15. The van der Waals surface area contributed by atoms with Crippen molar-refractivity contribution >= 4 is 34.3 Å². The summed E-state index contributed by atoms with van der Waals surface area (Å²) in [5.74, 6) is -1.19. The molecule has 1 atom stereocenters. The number of aryl methyl sites for hydroxylation is 1. The fraction of sp³-hybridized carbons (Fsp3) is 0.423. The number of alkyl carbamates (subject to hydrolysis) is 1. The van der Waals surface area contributed by atoms with E-state index in [2.05, 4.69) is 11.4 Å². The third kappa shape index (κ3) is 4.34. The first-order valence-electron chi connectivity index (χ1n) is 11.7. The Kier molecular flexibility index (Phi) is 5.51. The van der Waals surface area contributed by atoms with E-state index in [4.69, 9.17) is 4.74 Å². The third-order valence-corrected chi connectivity index (χ3v) is 7.62. The number of nitrogens with zero attached hydrogens (tertiary/aromatic N) is 1. The van der Waals surface area contributed by atoms with Crippen LogP contribution in [0, 0.1) is 0 Å². The molecule has 5 rings (SSSR count). The number of aromatic carboxylic acids is 1. The monoisotopic (exact) mass is 480 g/mol. The van der Waals surface area contributed by atoms with Gasteiger partial charge in [-0.1, -0.05) is 6.07 Å². The minimum Gasteiger partial charge on any atom is -0.477 e. The molecule has 3 aromatic rings. The van der Waals surface area contributed by atoms with Crippen molar-refractivity contribution in [3.8, 4) is 10.4 Å².